The van der Waals surface area contributed by atoms with Gasteiger partial charge >= 0.3 is 0 Å². The number of nitrogens with one attached hydrogen (secondary N) is 1. The van der Waals surface area contributed by atoms with Crippen molar-refractivity contribution in [1.29, 1.82) is 0 Å². The molecule has 0 spiro atoms. The largest absolute Gasteiger partial charge is 0.456 e. The number of hydrogen-bond donors (Lipinski definition) is 1. The number of furan rings is 1. The average Bonchev–Trinajstić information content (AvgIpc) is 3.64. The molecule has 1 N–H and O–H groups in total. The maximum absolute atomic E-state index is 6.52. The first-order valence-electron chi connectivity index (χ1n) is 18.7. The number of benzene rings is 9. The molecular weight excluding hydrogens is 671 g/mol. The molecule has 258 valence electrons. The van der Waals surface area contributed by atoms with Crippen molar-refractivity contribution in [3.05, 3.63) is 205 Å². The quantitative estimate of drug-likeness (QED) is 0.181. The van der Waals surface area contributed by atoms with Crippen molar-refractivity contribution in [1.82, 2.24) is 5.32 Å². The van der Waals surface area contributed by atoms with Crippen molar-refractivity contribution >= 4 is 65.9 Å². The molecule has 0 radical (unpaired) electrons. The maximum Gasteiger partial charge on any atom is 0.160 e. The summed E-state index contributed by atoms with van der Waals surface area (Å²) >= 11 is 0. The van der Waals surface area contributed by atoms with E-state index in [0.717, 1.165) is 71.9 Å². The first-order chi connectivity index (χ1) is 27.2. The highest BCUT2D eigenvalue weighted by atomic mass is 16.3. The standard InChI is InChI=1S/C51H33N3O/c1-3-12-32(13-4-1)35-24-27-45-47(31-35)55-46-21-11-20-43(48(45)46)42-28-29-44(41-19-10-9-18-40(41)42)51-53-49(34-15-5-2-6-16-34)52-50(54-51)37-25-26-39-36(30-37)23-22-33-14-7-8-17-38(33)39/h1-31,50H,(H,52,53,54). The predicted molar refractivity (Wildman–Crippen MR) is 229 cm³/mol. The Bertz CT molecular complexity index is 3180. The van der Waals surface area contributed by atoms with E-state index in [2.05, 4.69) is 169 Å². The van der Waals surface area contributed by atoms with Crippen LogP contribution >= 0.6 is 0 Å². The van der Waals surface area contributed by atoms with Crippen LogP contribution in [0.5, 0.6) is 0 Å². The molecule has 55 heavy (non-hydrogen) atoms. The van der Waals surface area contributed by atoms with Gasteiger partial charge in [-0.3, -0.25) is 0 Å². The summed E-state index contributed by atoms with van der Waals surface area (Å²) in [7, 11) is 0. The molecule has 0 bridgehead atoms. The van der Waals surface area contributed by atoms with Gasteiger partial charge in [-0.2, -0.15) is 0 Å². The SMILES string of the molecule is c1ccc(C2=NC(c3ccc(-c4cccc5oc6cc(-c7ccccc7)ccc6c45)c4ccccc34)=NC(c3ccc4c(ccc5ccccc54)c3)N2)cc1. The van der Waals surface area contributed by atoms with E-state index >= 15 is 0 Å². The van der Waals surface area contributed by atoms with E-state index in [1.165, 1.54) is 27.1 Å². The Balaban J connectivity index is 1.06. The summed E-state index contributed by atoms with van der Waals surface area (Å²) in [5, 5.41) is 13.0. The molecule has 0 fully saturated rings. The van der Waals surface area contributed by atoms with Crippen LogP contribution in [-0.2, 0) is 0 Å². The van der Waals surface area contributed by atoms with E-state index in [1.807, 2.05) is 24.3 Å². The third-order valence-corrected chi connectivity index (χ3v) is 10.9. The average molecular weight is 704 g/mol. The van der Waals surface area contributed by atoms with Crippen LogP contribution in [0.3, 0.4) is 0 Å². The van der Waals surface area contributed by atoms with Crippen LogP contribution in [0.4, 0.5) is 0 Å². The maximum atomic E-state index is 6.52. The second-order valence-electron chi connectivity index (χ2n) is 14.2. The van der Waals surface area contributed by atoms with Crippen molar-refractivity contribution in [3.8, 4) is 22.3 Å². The molecule has 9 aromatic carbocycles. The molecule has 4 nitrogen and oxygen atoms in total. The van der Waals surface area contributed by atoms with E-state index in [-0.39, 0.29) is 6.17 Å². The van der Waals surface area contributed by atoms with E-state index < -0.39 is 0 Å². The Morgan fingerprint density at radius 1 is 0.418 bits per heavy atom. The summed E-state index contributed by atoms with van der Waals surface area (Å²) in [5.41, 5.74) is 9.41. The number of rotatable bonds is 5. The fraction of sp³-hybridized carbons (Fsp3) is 0.0196. The van der Waals surface area contributed by atoms with Crippen LogP contribution in [0.1, 0.15) is 22.9 Å². The predicted octanol–water partition coefficient (Wildman–Crippen LogP) is 12.9. The van der Waals surface area contributed by atoms with E-state index in [0.29, 0.717) is 5.84 Å². The van der Waals surface area contributed by atoms with Crippen LogP contribution in [0, 0.1) is 0 Å². The van der Waals surface area contributed by atoms with Crippen LogP contribution in [-0.4, -0.2) is 11.7 Å². The summed E-state index contributed by atoms with van der Waals surface area (Å²) in [6, 6.07) is 66.3. The highest BCUT2D eigenvalue weighted by Gasteiger charge is 2.24. The minimum Gasteiger partial charge on any atom is -0.456 e. The van der Waals surface area contributed by atoms with Crippen molar-refractivity contribution in [2.45, 2.75) is 6.17 Å². The number of nitrogens with zero attached hydrogens (tertiary/aromatic N) is 2. The summed E-state index contributed by atoms with van der Waals surface area (Å²) < 4.78 is 6.52. The number of fused-ring (bicyclic) bond motifs is 7. The second-order valence-corrected chi connectivity index (χ2v) is 14.2. The molecule has 0 saturated carbocycles. The minimum atomic E-state index is -0.330. The lowest BCUT2D eigenvalue weighted by Gasteiger charge is -2.24. The first-order valence-corrected chi connectivity index (χ1v) is 18.7. The highest BCUT2D eigenvalue weighted by Crippen LogP contribution is 2.41. The van der Waals surface area contributed by atoms with Gasteiger partial charge in [-0.15, -0.1) is 0 Å². The normalized spacial score (nSPS) is 14.4. The molecule has 0 saturated heterocycles. The van der Waals surface area contributed by atoms with Crippen LogP contribution in [0.25, 0.3) is 76.5 Å². The Morgan fingerprint density at radius 2 is 1.09 bits per heavy atom. The van der Waals surface area contributed by atoms with Crippen molar-refractivity contribution < 1.29 is 4.42 Å². The van der Waals surface area contributed by atoms with Gasteiger partial charge < -0.3 is 9.73 Å². The fourth-order valence-corrected chi connectivity index (χ4v) is 8.27. The molecule has 1 aliphatic heterocycles. The molecule has 1 aliphatic rings. The second kappa shape index (κ2) is 12.7. The van der Waals surface area contributed by atoms with E-state index in [4.69, 9.17) is 14.4 Å². The summed E-state index contributed by atoms with van der Waals surface area (Å²) in [6.07, 6.45) is -0.330. The van der Waals surface area contributed by atoms with Crippen molar-refractivity contribution in [2.24, 2.45) is 9.98 Å². The molecule has 2 heterocycles. The molecule has 11 rings (SSSR count). The Hall–Kier alpha value is -7.30. The van der Waals surface area contributed by atoms with E-state index in [9.17, 15) is 0 Å². The van der Waals surface area contributed by atoms with Crippen LogP contribution in [0.15, 0.2) is 202 Å². The van der Waals surface area contributed by atoms with Gasteiger partial charge in [0, 0.05) is 21.9 Å². The Morgan fingerprint density at radius 3 is 1.93 bits per heavy atom. The third kappa shape index (κ3) is 5.30. The lowest BCUT2D eigenvalue weighted by Crippen LogP contribution is -2.33. The van der Waals surface area contributed by atoms with Gasteiger partial charge in [0.05, 0.1) is 0 Å². The minimum absolute atomic E-state index is 0.330. The van der Waals surface area contributed by atoms with Gasteiger partial charge in [0.25, 0.3) is 0 Å². The third-order valence-electron chi connectivity index (χ3n) is 10.9. The highest BCUT2D eigenvalue weighted by molar-refractivity contribution is 6.21. The molecule has 1 unspecified atom stereocenters. The lowest BCUT2D eigenvalue weighted by atomic mass is 9.92. The molecule has 10 aromatic rings. The number of aliphatic imine (C=N–C) groups is 2. The smallest absolute Gasteiger partial charge is 0.160 e. The number of amidine groups is 2. The zero-order valence-corrected chi connectivity index (χ0v) is 29.8. The molecule has 4 heteroatoms. The van der Waals surface area contributed by atoms with Gasteiger partial charge in [-0.1, -0.05) is 158 Å². The van der Waals surface area contributed by atoms with Crippen molar-refractivity contribution in [3.63, 3.8) is 0 Å². The summed E-state index contributed by atoms with van der Waals surface area (Å²) in [5.74, 6) is 1.50. The molecule has 0 amide bonds. The Labute approximate surface area is 317 Å². The number of hydrogen-bond acceptors (Lipinski definition) is 4. The summed E-state index contributed by atoms with van der Waals surface area (Å²) in [6.45, 7) is 0. The zero-order valence-electron chi connectivity index (χ0n) is 29.8. The fourth-order valence-electron chi connectivity index (χ4n) is 8.27. The van der Waals surface area contributed by atoms with Gasteiger partial charge in [0.2, 0.25) is 0 Å². The molecule has 0 aliphatic carbocycles. The van der Waals surface area contributed by atoms with E-state index in [1.54, 1.807) is 0 Å². The van der Waals surface area contributed by atoms with Gasteiger partial charge in [0.15, 0.2) is 5.84 Å². The zero-order chi connectivity index (χ0) is 36.3. The van der Waals surface area contributed by atoms with Gasteiger partial charge in [0.1, 0.15) is 23.2 Å². The first kappa shape index (κ1) is 31.2. The molecular formula is C51H33N3O. The van der Waals surface area contributed by atoms with Crippen LogP contribution in [0.2, 0.25) is 0 Å². The molecule has 1 aromatic heterocycles. The van der Waals surface area contributed by atoms with Crippen molar-refractivity contribution in [2.75, 3.05) is 0 Å². The topological polar surface area (TPSA) is 49.9 Å². The lowest BCUT2D eigenvalue weighted by molar-refractivity contribution is 0.669. The summed E-state index contributed by atoms with van der Waals surface area (Å²) in [4.78, 5) is 10.5. The monoisotopic (exact) mass is 703 g/mol. The molecule has 1 atom stereocenters. The Kier molecular flexibility index (Phi) is 7.20. The van der Waals surface area contributed by atoms with Crippen LogP contribution < -0.4 is 5.32 Å². The van der Waals surface area contributed by atoms with Gasteiger partial charge in [-0.05, 0) is 90.5 Å². The van der Waals surface area contributed by atoms with Gasteiger partial charge in [-0.25, -0.2) is 9.98 Å².